The molecular weight excluding hydrogens is 272 g/mol. The molecule has 0 amide bonds. The lowest BCUT2D eigenvalue weighted by Crippen LogP contribution is -2.10. The van der Waals surface area contributed by atoms with Crippen LogP contribution in [0.5, 0.6) is 0 Å². The Morgan fingerprint density at radius 1 is 0.882 bits per heavy atom. The molecule has 0 radical (unpaired) electrons. The summed E-state index contributed by atoms with van der Waals surface area (Å²) in [5, 5.41) is 0. The van der Waals surface area contributed by atoms with Gasteiger partial charge in [-0.25, -0.2) is 0 Å². The smallest absolute Gasteiger partial charge is 0.0256 e. The van der Waals surface area contributed by atoms with Gasteiger partial charge in [0.25, 0.3) is 0 Å². The van der Waals surface area contributed by atoms with Crippen LogP contribution in [-0.2, 0) is 5.41 Å². The molecule has 0 aliphatic rings. The van der Waals surface area contributed by atoms with E-state index in [9.17, 15) is 0 Å². The third-order valence-electron chi connectivity index (χ3n) is 2.92. The molecule has 17 heavy (non-hydrogen) atoms. The first kappa shape index (κ1) is 12.4. The Balaban J connectivity index is 2.46. The molecule has 0 saturated heterocycles. The molecule has 2 aromatic rings. The van der Waals surface area contributed by atoms with Crippen molar-refractivity contribution in [2.45, 2.75) is 26.2 Å². The molecule has 0 fully saturated rings. The van der Waals surface area contributed by atoms with Gasteiger partial charge >= 0.3 is 0 Å². The van der Waals surface area contributed by atoms with Gasteiger partial charge in [0.1, 0.15) is 0 Å². The molecule has 0 aliphatic carbocycles. The van der Waals surface area contributed by atoms with Gasteiger partial charge < -0.3 is 0 Å². The summed E-state index contributed by atoms with van der Waals surface area (Å²) < 4.78 is 1.16. The Morgan fingerprint density at radius 2 is 1.53 bits per heavy atom. The van der Waals surface area contributed by atoms with Crippen LogP contribution < -0.4 is 0 Å². The third kappa shape index (κ3) is 2.78. The fourth-order valence-corrected chi connectivity index (χ4v) is 2.44. The minimum absolute atomic E-state index is 0.192. The Bertz CT molecular complexity index is 507. The van der Waals surface area contributed by atoms with E-state index in [1.165, 1.54) is 16.7 Å². The van der Waals surface area contributed by atoms with Crippen LogP contribution in [0.3, 0.4) is 0 Å². The summed E-state index contributed by atoms with van der Waals surface area (Å²) in [6.45, 7) is 6.70. The minimum Gasteiger partial charge on any atom is -0.0622 e. The first-order chi connectivity index (χ1) is 7.98. The average molecular weight is 289 g/mol. The Hall–Kier alpha value is -1.08. The number of hydrogen-bond donors (Lipinski definition) is 0. The molecule has 0 N–H and O–H groups in total. The fourth-order valence-electron chi connectivity index (χ4n) is 1.83. The minimum atomic E-state index is 0.192. The van der Waals surface area contributed by atoms with Gasteiger partial charge in [-0.3, -0.25) is 0 Å². The lowest BCUT2D eigenvalue weighted by Gasteiger charge is -2.20. The van der Waals surface area contributed by atoms with Crippen LogP contribution in [0.4, 0.5) is 0 Å². The Morgan fingerprint density at radius 3 is 2.06 bits per heavy atom. The van der Waals surface area contributed by atoms with Crippen molar-refractivity contribution < 1.29 is 0 Å². The molecule has 0 aromatic heterocycles. The maximum absolute atomic E-state index is 3.68. The highest BCUT2D eigenvalue weighted by Gasteiger charge is 2.15. The SMILES string of the molecule is CC(C)(C)c1ccc(-c2ccccc2)c(Br)c1. The molecule has 2 rings (SSSR count). The van der Waals surface area contributed by atoms with Crippen molar-refractivity contribution in [2.24, 2.45) is 0 Å². The topological polar surface area (TPSA) is 0 Å². The summed E-state index contributed by atoms with van der Waals surface area (Å²) in [5.74, 6) is 0. The predicted molar refractivity (Wildman–Crippen MR) is 78.3 cm³/mol. The van der Waals surface area contributed by atoms with Crippen LogP contribution >= 0.6 is 15.9 Å². The van der Waals surface area contributed by atoms with E-state index in [-0.39, 0.29) is 5.41 Å². The summed E-state index contributed by atoms with van der Waals surface area (Å²) >= 11 is 3.68. The zero-order valence-corrected chi connectivity index (χ0v) is 12.1. The van der Waals surface area contributed by atoms with Crippen LogP contribution in [0, 0.1) is 0 Å². The Labute approximate surface area is 112 Å². The molecule has 0 saturated carbocycles. The van der Waals surface area contributed by atoms with Crippen molar-refractivity contribution in [3.05, 3.63) is 58.6 Å². The highest BCUT2D eigenvalue weighted by molar-refractivity contribution is 9.10. The molecule has 2 aromatic carbocycles. The van der Waals surface area contributed by atoms with E-state index in [0.717, 1.165) is 4.47 Å². The maximum atomic E-state index is 3.68. The number of rotatable bonds is 1. The van der Waals surface area contributed by atoms with Crippen LogP contribution in [0.25, 0.3) is 11.1 Å². The van der Waals surface area contributed by atoms with Crippen LogP contribution in [0.1, 0.15) is 26.3 Å². The van der Waals surface area contributed by atoms with Crippen molar-refractivity contribution in [3.63, 3.8) is 0 Å². The van der Waals surface area contributed by atoms with Crippen molar-refractivity contribution in [2.75, 3.05) is 0 Å². The lowest BCUT2D eigenvalue weighted by molar-refractivity contribution is 0.590. The highest BCUT2D eigenvalue weighted by Crippen LogP contribution is 2.32. The van der Waals surface area contributed by atoms with Crippen molar-refractivity contribution in [1.82, 2.24) is 0 Å². The molecule has 0 heterocycles. The molecule has 0 bridgehead atoms. The van der Waals surface area contributed by atoms with E-state index in [1.807, 2.05) is 6.07 Å². The van der Waals surface area contributed by atoms with E-state index >= 15 is 0 Å². The largest absolute Gasteiger partial charge is 0.0622 e. The van der Waals surface area contributed by atoms with E-state index in [4.69, 9.17) is 0 Å². The van der Waals surface area contributed by atoms with Gasteiger partial charge in [-0.1, -0.05) is 79.2 Å². The zero-order valence-electron chi connectivity index (χ0n) is 10.5. The standard InChI is InChI=1S/C16H17Br/c1-16(2,3)13-9-10-14(15(17)11-13)12-7-5-4-6-8-12/h4-11H,1-3H3. The van der Waals surface area contributed by atoms with Crippen molar-refractivity contribution in [3.8, 4) is 11.1 Å². The van der Waals surface area contributed by atoms with Crippen LogP contribution in [-0.4, -0.2) is 0 Å². The molecule has 0 nitrogen and oxygen atoms in total. The van der Waals surface area contributed by atoms with Gasteiger partial charge in [0.05, 0.1) is 0 Å². The fraction of sp³-hybridized carbons (Fsp3) is 0.250. The van der Waals surface area contributed by atoms with E-state index in [2.05, 4.69) is 79.2 Å². The molecule has 88 valence electrons. The maximum Gasteiger partial charge on any atom is 0.0256 e. The van der Waals surface area contributed by atoms with Crippen LogP contribution in [0.15, 0.2) is 53.0 Å². The quantitative estimate of drug-likeness (QED) is 0.658. The molecule has 0 spiro atoms. The van der Waals surface area contributed by atoms with Gasteiger partial charge in [-0.2, -0.15) is 0 Å². The van der Waals surface area contributed by atoms with Gasteiger partial charge in [0.2, 0.25) is 0 Å². The van der Waals surface area contributed by atoms with Gasteiger partial charge in [0, 0.05) is 4.47 Å². The average Bonchev–Trinajstić information content (AvgIpc) is 2.29. The summed E-state index contributed by atoms with van der Waals surface area (Å²) in [4.78, 5) is 0. The van der Waals surface area contributed by atoms with Crippen molar-refractivity contribution in [1.29, 1.82) is 0 Å². The second-order valence-electron chi connectivity index (χ2n) is 5.31. The molecular formula is C16H17Br. The highest BCUT2D eigenvalue weighted by atomic mass is 79.9. The number of hydrogen-bond acceptors (Lipinski definition) is 0. The molecule has 0 unspecified atom stereocenters. The van der Waals surface area contributed by atoms with E-state index < -0.39 is 0 Å². The first-order valence-electron chi connectivity index (χ1n) is 5.84. The zero-order chi connectivity index (χ0) is 12.5. The lowest BCUT2D eigenvalue weighted by atomic mass is 9.86. The van der Waals surface area contributed by atoms with E-state index in [0.29, 0.717) is 0 Å². The monoisotopic (exact) mass is 288 g/mol. The van der Waals surface area contributed by atoms with Gasteiger partial charge in [-0.15, -0.1) is 0 Å². The predicted octanol–water partition coefficient (Wildman–Crippen LogP) is 5.41. The second kappa shape index (κ2) is 4.66. The van der Waals surface area contributed by atoms with Crippen LogP contribution in [0.2, 0.25) is 0 Å². The first-order valence-corrected chi connectivity index (χ1v) is 6.63. The third-order valence-corrected chi connectivity index (χ3v) is 3.58. The molecule has 0 atom stereocenters. The van der Waals surface area contributed by atoms with Crippen molar-refractivity contribution >= 4 is 15.9 Å². The summed E-state index contributed by atoms with van der Waals surface area (Å²) in [6, 6.07) is 17.1. The second-order valence-corrected chi connectivity index (χ2v) is 6.16. The summed E-state index contributed by atoms with van der Waals surface area (Å²) in [6.07, 6.45) is 0. The number of benzene rings is 2. The van der Waals surface area contributed by atoms with Gasteiger partial charge in [0.15, 0.2) is 0 Å². The Kier molecular flexibility index (Phi) is 3.39. The van der Waals surface area contributed by atoms with E-state index in [1.54, 1.807) is 0 Å². The normalized spacial score (nSPS) is 11.5. The molecule has 0 aliphatic heterocycles. The summed E-state index contributed by atoms with van der Waals surface area (Å²) in [5.41, 5.74) is 4.04. The molecule has 1 heteroatoms. The summed E-state index contributed by atoms with van der Waals surface area (Å²) in [7, 11) is 0. The number of halogens is 1. The van der Waals surface area contributed by atoms with Gasteiger partial charge in [-0.05, 0) is 28.2 Å².